The topological polar surface area (TPSA) is 34.4 Å². The maximum atomic E-state index is 5.96. The van der Waals surface area contributed by atoms with E-state index in [2.05, 4.69) is 38.2 Å². The third-order valence-electron chi connectivity index (χ3n) is 4.04. The first-order valence-corrected chi connectivity index (χ1v) is 7.49. The Morgan fingerprint density at radius 2 is 2.00 bits per heavy atom. The van der Waals surface area contributed by atoms with Crippen molar-refractivity contribution in [1.82, 2.24) is 5.32 Å². The molecule has 0 aliphatic carbocycles. The van der Waals surface area contributed by atoms with E-state index in [1.165, 1.54) is 12.8 Å². The van der Waals surface area contributed by atoms with E-state index in [1.54, 1.807) is 7.11 Å². The second kappa shape index (κ2) is 6.80. The van der Waals surface area contributed by atoms with E-state index >= 15 is 0 Å². The standard InChI is InChI=1S/C17H25NO2/c1-5-13(6-2)11-18-12(3)16-10-14-8-7-9-15(19-4)17(14)20-16/h7-10,12-13,18H,5-6,11H2,1-4H3. The Balaban J connectivity index is 2.12. The first kappa shape index (κ1) is 14.9. The van der Waals surface area contributed by atoms with Gasteiger partial charge in [-0.15, -0.1) is 0 Å². The summed E-state index contributed by atoms with van der Waals surface area (Å²) in [6, 6.07) is 8.29. The number of hydrogen-bond donors (Lipinski definition) is 1. The smallest absolute Gasteiger partial charge is 0.176 e. The van der Waals surface area contributed by atoms with Gasteiger partial charge in [0.15, 0.2) is 11.3 Å². The molecule has 0 radical (unpaired) electrons. The Hall–Kier alpha value is -1.48. The third-order valence-corrected chi connectivity index (χ3v) is 4.04. The molecule has 1 N–H and O–H groups in total. The fourth-order valence-corrected chi connectivity index (χ4v) is 2.45. The number of rotatable bonds is 7. The van der Waals surface area contributed by atoms with Crippen LogP contribution < -0.4 is 10.1 Å². The number of ether oxygens (including phenoxy) is 1. The van der Waals surface area contributed by atoms with Gasteiger partial charge in [0.2, 0.25) is 0 Å². The van der Waals surface area contributed by atoms with Crippen LogP contribution in [0.15, 0.2) is 28.7 Å². The quantitative estimate of drug-likeness (QED) is 0.806. The lowest BCUT2D eigenvalue weighted by Gasteiger charge is -2.16. The normalized spacial score (nSPS) is 13.1. The van der Waals surface area contributed by atoms with Gasteiger partial charge in [-0.05, 0) is 31.5 Å². The number of fused-ring (bicyclic) bond motifs is 1. The Bertz CT molecular complexity index is 543. The summed E-state index contributed by atoms with van der Waals surface area (Å²) < 4.78 is 11.3. The average molecular weight is 275 g/mol. The summed E-state index contributed by atoms with van der Waals surface area (Å²) in [5, 5.41) is 4.66. The molecule has 0 fully saturated rings. The van der Waals surface area contributed by atoms with Crippen LogP contribution in [-0.2, 0) is 0 Å². The van der Waals surface area contributed by atoms with Crippen LogP contribution in [0.4, 0.5) is 0 Å². The predicted octanol–water partition coefficient (Wildman–Crippen LogP) is 4.53. The molecule has 1 atom stereocenters. The number of para-hydroxylation sites is 1. The highest BCUT2D eigenvalue weighted by Gasteiger charge is 2.14. The third kappa shape index (κ3) is 3.15. The van der Waals surface area contributed by atoms with Crippen LogP contribution in [0.1, 0.15) is 45.4 Å². The predicted molar refractivity (Wildman–Crippen MR) is 83.3 cm³/mol. The van der Waals surface area contributed by atoms with E-state index in [0.29, 0.717) is 0 Å². The Kier molecular flexibility index (Phi) is 5.07. The number of methoxy groups -OCH3 is 1. The van der Waals surface area contributed by atoms with Crippen LogP contribution in [0.25, 0.3) is 11.0 Å². The van der Waals surface area contributed by atoms with Crippen LogP contribution >= 0.6 is 0 Å². The minimum atomic E-state index is 0.215. The van der Waals surface area contributed by atoms with Crippen LogP contribution in [0.2, 0.25) is 0 Å². The molecule has 1 aromatic heterocycles. The molecule has 110 valence electrons. The molecule has 1 unspecified atom stereocenters. The fourth-order valence-electron chi connectivity index (χ4n) is 2.45. The van der Waals surface area contributed by atoms with Crippen molar-refractivity contribution in [3.63, 3.8) is 0 Å². The SMILES string of the molecule is CCC(CC)CNC(C)c1cc2cccc(OC)c2o1. The van der Waals surface area contributed by atoms with Crippen LogP contribution in [0.3, 0.4) is 0 Å². The maximum Gasteiger partial charge on any atom is 0.176 e. The second-order valence-corrected chi connectivity index (χ2v) is 5.34. The molecule has 0 saturated heterocycles. The van der Waals surface area contributed by atoms with Crippen molar-refractivity contribution in [2.45, 2.75) is 39.7 Å². The molecule has 2 rings (SSSR count). The van der Waals surface area contributed by atoms with Crippen molar-refractivity contribution >= 4 is 11.0 Å². The minimum absolute atomic E-state index is 0.215. The Labute approximate surface area is 121 Å². The first-order chi connectivity index (χ1) is 9.69. The van der Waals surface area contributed by atoms with Gasteiger partial charge in [-0.25, -0.2) is 0 Å². The number of hydrogen-bond acceptors (Lipinski definition) is 3. The van der Waals surface area contributed by atoms with Gasteiger partial charge in [0, 0.05) is 5.39 Å². The zero-order valence-corrected chi connectivity index (χ0v) is 12.9. The molecule has 0 saturated carbocycles. The van der Waals surface area contributed by atoms with Crippen molar-refractivity contribution in [3.8, 4) is 5.75 Å². The molecular weight excluding hydrogens is 250 g/mol. The molecule has 0 aliphatic heterocycles. The molecule has 1 heterocycles. The molecule has 0 amide bonds. The Morgan fingerprint density at radius 1 is 1.25 bits per heavy atom. The van der Waals surface area contributed by atoms with Gasteiger partial charge in [0.1, 0.15) is 5.76 Å². The lowest BCUT2D eigenvalue weighted by molar-refractivity contribution is 0.380. The largest absolute Gasteiger partial charge is 0.493 e. The molecular formula is C17H25NO2. The second-order valence-electron chi connectivity index (χ2n) is 5.34. The van der Waals surface area contributed by atoms with Crippen LogP contribution in [-0.4, -0.2) is 13.7 Å². The first-order valence-electron chi connectivity index (χ1n) is 7.49. The summed E-state index contributed by atoms with van der Waals surface area (Å²) in [5.41, 5.74) is 0.834. The van der Waals surface area contributed by atoms with Gasteiger partial charge in [0.25, 0.3) is 0 Å². The summed E-state index contributed by atoms with van der Waals surface area (Å²) in [5.74, 6) is 2.49. The van der Waals surface area contributed by atoms with Gasteiger partial charge < -0.3 is 14.5 Å². The highest BCUT2D eigenvalue weighted by atomic mass is 16.5. The fraction of sp³-hybridized carbons (Fsp3) is 0.529. The van der Waals surface area contributed by atoms with Gasteiger partial charge in [-0.2, -0.15) is 0 Å². The Morgan fingerprint density at radius 3 is 2.65 bits per heavy atom. The van der Waals surface area contributed by atoms with Crippen molar-refractivity contribution in [2.24, 2.45) is 5.92 Å². The summed E-state index contributed by atoms with van der Waals surface area (Å²) in [6.45, 7) is 7.66. The van der Waals surface area contributed by atoms with E-state index in [1.807, 2.05) is 12.1 Å². The highest BCUT2D eigenvalue weighted by Crippen LogP contribution is 2.30. The molecule has 2 aromatic rings. The average Bonchev–Trinajstić information content (AvgIpc) is 2.92. The van der Waals surface area contributed by atoms with E-state index in [9.17, 15) is 0 Å². The molecule has 0 spiro atoms. The molecule has 0 aliphatic rings. The molecule has 1 aromatic carbocycles. The van der Waals surface area contributed by atoms with Gasteiger partial charge >= 0.3 is 0 Å². The summed E-state index contributed by atoms with van der Waals surface area (Å²) in [6.07, 6.45) is 2.42. The van der Waals surface area contributed by atoms with Gasteiger partial charge in [0.05, 0.1) is 13.2 Å². The monoisotopic (exact) mass is 275 g/mol. The minimum Gasteiger partial charge on any atom is -0.493 e. The molecule has 20 heavy (non-hydrogen) atoms. The summed E-state index contributed by atoms with van der Waals surface area (Å²) in [7, 11) is 1.67. The van der Waals surface area contributed by atoms with Crippen LogP contribution in [0, 0.1) is 5.92 Å². The zero-order chi connectivity index (χ0) is 14.5. The summed E-state index contributed by atoms with van der Waals surface area (Å²) >= 11 is 0. The molecule has 0 bridgehead atoms. The van der Waals surface area contributed by atoms with E-state index in [0.717, 1.165) is 34.9 Å². The maximum absolute atomic E-state index is 5.96. The summed E-state index contributed by atoms with van der Waals surface area (Å²) in [4.78, 5) is 0. The lowest BCUT2D eigenvalue weighted by Crippen LogP contribution is -2.24. The lowest BCUT2D eigenvalue weighted by atomic mass is 10.0. The van der Waals surface area contributed by atoms with Crippen LogP contribution in [0.5, 0.6) is 5.75 Å². The van der Waals surface area contributed by atoms with Gasteiger partial charge in [-0.3, -0.25) is 0 Å². The van der Waals surface area contributed by atoms with E-state index < -0.39 is 0 Å². The van der Waals surface area contributed by atoms with E-state index in [4.69, 9.17) is 9.15 Å². The number of nitrogens with one attached hydrogen (secondary N) is 1. The number of furan rings is 1. The van der Waals surface area contributed by atoms with E-state index in [-0.39, 0.29) is 6.04 Å². The zero-order valence-electron chi connectivity index (χ0n) is 12.9. The molecule has 3 nitrogen and oxygen atoms in total. The molecule has 3 heteroatoms. The van der Waals surface area contributed by atoms with Crippen molar-refractivity contribution < 1.29 is 9.15 Å². The van der Waals surface area contributed by atoms with Crippen molar-refractivity contribution in [3.05, 3.63) is 30.0 Å². The number of benzene rings is 1. The highest BCUT2D eigenvalue weighted by molar-refractivity contribution is 5.83. The van der Waals surface area contributed by atoms with Crippen molar-refractivity contribution in [2.75, 3.05) is 13.7 Å². The van der Waals surface area contributed by atoms with Gasteiger partial charge in [-0.1, -0.05) is 38.8 Å². The van der Waals surface area contributed by atoms with Crippen molar-refractivity contribution in [1.29, 1.82) is 0 Å².